The summed E-state index contributed by atoms with van der Waals surface area (Å²) in [6.07, 6.45) is -6.09. The molecular formula is C9H14F3N3O3. The molecule has 9 heteroatoms. The van der Waals surface area contributed by atoms with Crippen LogP contribution in [0, 0.1) is 0 Å². The summed E-state index contributed by atoms with van der Waals surface area (Å²) in [6, 6.07) is 0. The highest BCUT2D eigenvalue weighted by Crippen LogP contribution is 2.13. The lowest BCUT2D eigenvalue weighted by Crippen LogP contribution is -2.49. The van der Waals surface area contributed by atoms with Gasteiger partial charge in [0.25, 0.3) is 0 Å². The van der Waals surface area contributed by atoms with Crippen molar-refractivity contribution in [2.75, 3.05) is 7.05 Å². The molecule has 0 aliphatic rings. The first-order valence-corrected chi connectivity index (χ1v) is 4.80. The van der Waals surface area contributed by atoms with E-state index in [1.54, 1.807) is 20.8 Å². The molecule has 0 rings (SSSR count). The lowest BCUT2D eigenvalue weighted by Gasteiger charge is -2.20. The topological polar surface area (TPSA) is 79.8 Å². The molecule has 0 saturated carbocycles. The predicted molar refractivity (Wildman–Crippen MR) is 56.9 cm³/mol. The van der Waals surface area contributed by atoms with Gasteiger partial charge in [-0.1, -0.05) is 0 Å². The Morgan fingerprint density at radius 2 is 1.61 bits per heavy atom. The Balaban J connectivity index is 4.48. The van der Waals surface area contributed by atoms with Crippen LogP contribution in [0.5, 0.6) is 0 Å². The van der Waals surface area contributed by atoms with Crippen molar-refractivity contribution in [1.82, 2.24) is 10.6 Å². The first kappa shape index (κ1) is 16.2. The van der Waals surface area contributed by atoms with Gasteiger partial charge in [0.05, 0.1) is 0 Å². The maximum absolute atomic E-state index is 11.9. The monoisotopic (exact) mass is 269 g/mol. The number of aliphatic imine (C=N–C) groups is 1. The Kier molecular flexibility index (Phi) is 5.12. The second kappa shape index (κ2) is 5.69. The summed E-state index contributed by atoms with van der Waals surface area (Å²) in [5, 5.41) is 3.28. The molecule has 0 unspecified atom stereocenters. The lowest BCUT2D eigenvalue weighted by molar-refractivity contribution is -0.171. The van der Waals surface area contributed by atoms with Gasteiger partial charge in [-0.15, -0.1) is 0 Å². The molecule has 0 atom stereocenters. The molecule has 0 aromatic carbocycles. The number of amides is 2. The van der Waals surface area contributed by atoms with Crippen molar-refractivity contribution in [1.29, 1.82) is 0 Å². The second-order valence-corrected chi connectivity index (χ2v) is 4.15. The highest BCUT2D eigenvalue weighted by molar-refractivity contribution is 6.04. The number of carbonyl (C=O) groups excluding carboxylic acids is 2. The number of halogens is 3. The fourth-order valence-electron chi connectivity index (χ4n) is 0.722. The summed E-state index contributed by atoms with van der Waals surface area (Å²) in [4.78, 5) is 25.1. The molecular weight excluding hydrogens is 255 g/mol. The zero-order chi connectivity index (χ0) is 14.6. The van der Waals surface area contributed by atoms with Crippen LogP contribution in [-0.4, -0.2) is 36.8 Å². The van der Waals surface area contributed by atoms with Gasteiger partial charge in [0.1, 0.15) is 5.60 Å². The van der Waals surface area contributed by atoms with Gasteiger partial charge in [-0.2, -0.15) is 13.2 Å². The molecule has 2 amide bonds. The molecule has 0 aromatic rings. The van der Waals surface area contributed by atoms with E-state index in [2.05, 4.69) is 4.99 Å². The molecule has 0 aliphatic heterocycles. The molecule has 0 spiro atoms. The number of hydrogen-bond acceptors (Lipinski definition) is 4. The van der Waals surface area contributed by atoms with Crippen molar-refractivity contribution in [3.05, 3.63) is 0 Å². The molecule has 0 saturated heterocycles. The smallest absolute Gasteiger partial charge is 0.444 e. The van der Waals surface area contributed by atoms with Crippen LogP contribution in [0.25, 0.3) is 0 Å². The highest BCUT2D eigenvalue weighted by Gasteiger charge is 2.39. The number of rotatable bonds is 0. The molecule has 0 aliphatic carbocycles. The molecule has 0 heterocycles. The van der Waals surface area contributed by atoms with Gasteiger partial charge in [-0.05, 0) is 20.8 Å². The van der Waals surface area contributed by atoms with E-state index in [0.29, 0.717) is 0 Å². The largest absolute Gasteiger partial charge is 0.471 e. The SMILES string of the molecule is CN=C(NC(=O)OC(C)(C)C)NC(=O)C(F)(F)F. The van der Waals surface area contributed by atoms with Crippen LogP contribution in [0.4, 0.5) is 18.0 Å². The molecule has 0 bridgehead atoms. The number of alkyl carbamates (subject to hydrolysis) is 1. The number of ether oxygens (including phenoxy) is 1. The third-order valence-corrected chi connectivity index (χ3v) is 1.33. The Hall–Kier alpha value is -1.80. The molecule has 0 fully saturated rings. The van der Waals surface area contributed by atoms with E-state index in [0.717, 1.165) is 7.05 Å². The summed E-state index contributed by atoms with van der Waals surface area (Å²) < 4.78 is 40.6. The third kappa shape index (κ3) is 6.71. The molecule has 2 N–H and O–H groups in total. The quantitative estimate of drug-likeness (QED) is 0.512. The highest BCUT2D eigenvalue weighted by atomic mass is 19.4. The van der Waals surface area contributed by atoms with Crippen molar-refractivity contribution in [2.24, 2.45) is 4.99 Å². The van der Waals surface area contributed by atoms with Crippen molar-refractivity contribution < 1.29 is 27.5 Å². The Labute approximate surface area is 102 Å². The summed E-state index contributed by atoms with van der Waals surface area (Å²) in [6.45, 7) is 4.72. The van der Waals surface area contributed by atoms with Gasteiger partial charge in [0, 0.05) is 7.05 Å². The van der Waals surface area contributed by atoms with Gasteiger partial charge >= 0.3 is 18.2 Å². The van der Waals surface area contributed by atoms with E-state index in [9.17, 15) is 22.8 Å². The van der Waals surface area contributed by atoms with Crippen LogP contribution in [0.2, 0.25) is 0 Å². The minimum atomic E-state index is -5.06. The fraction of sp³-hybridized carbons (Fsp3) is 0.667. The zero-order valence-corrected chi connectivity index (χ0v) is 10.3. The maximum atomic E-state index is 11.9. The van der Waals surface area contributed by atoms with Crippen molar-refractivity contribution in [2.45, 2.75) is 32.5 Å². The number of carbonyl (C=O) groups is 2. The van der Waals surface area contributed by atoms with E-state index >= 15 is 0 Å². The third-order valence-electron chi connectivity index (χ3n) is 1.33. The van der Waals surface area contributed by atoms with Crippen molar-refractivity contribution >= 4 is 18.0 Å². The summed E-state index contributed by atoms with van der Waals surface area (Å²) in [5.41, 5.74) is -0.822. The Morgan fingerprint density at radius 1 is 1.11 bits per heavy atom. The van der Waals surface area contributed by atoms with E-state index in [4.69, 9.17) is 4.74 Å². The number of nitrogens with one attached hydrogen (secondary N) is 2. The first-order valence-electron chi connectivity index (χ1n) is 4.80. The average Bonchev–Trinajstić information content (AvgIpc) is 2.11. The summed E-state index contributed by atoms with van der Waals surface area (Å²) in [7, 11) is 1.10. The van der Waals surface area contributed by atoms with Crippen LogP contribution >= 0.6 is 0 Å². The van der Waals surface area contributed by atoms with Crippen molar-refractivity contribution in [3.63, 3.8) is 0 Å². The standard InChI is InChI=1S/C9H14F3N3O3/c1-8(2,3)18-7(17)15-6(13-4)14-5(16)9(10,11)12/h1-4H3,(H2,13,14,15,16,17). The van der Waals surface area contributed by atoms with Crippen LogP contribution in [0.15, 0.2) is 4.99 Å². The molecule has 104 valence electrons. The van der Waals surface area contributed by atoms with Gasteiger partial charge in [-0.25, -0.2) is 4.79 Å². The normalized spacial score (nSPS) is 12.9. The van der Waals surface area contributed by atoms with Crippen molar-refractivity contribution in [3.8, 4) is 0 Å². The van der Waals surface area contributed by atoms with Crippen LogP contribution in [-0.2, 0) is 9.53 Å². The van der Waals surface area contributed by atoms with Gasteiger partial charge in [0.2, 0.25) is 5.96 Å². The van der Waals surface area contributed by atoms with E-state index in [-0.39, 0.29) is 0 Å². The summed E-state index contributed by atoms with van der Waals surface area (Å²) in [5.74, 6) is -2.88. The number of nitrogens with zero attached hydrogens (tertiary/aromatic N) is 1. The van der Waals surface area contributed by atoms with Crippen LogP contribution in [0.3, 0.4) is 0 Å². The maximum Gasteiger partial charge on any atom is 0.471 e. The number of guanidine groups is 1. The summed E-state index contributed by atoms with van der Waals surface area (Å²) >= 11 is 0. The minimum Gasteiger partial charge on any atom is -0.444 e. The van der Waals surface area contributed by atoms with E-state index in [1.807, 2.05) is 5.32 Å². The molecule has 6 nitrogen and oxygen atoms in total. The fourth-order valence-corrected chi connectivity index (χ4v) is 0.722. The molecule has 0 radical (unpaired) electrons. The Morgan fingerprint density at radius 3 is 1.94 bits per heavy atom. The van der Waals surface area contributed by atoms with Crippen LogP contribution in [0.1, 0.15) is 20.8 Å². The predicted octanol–water partition coefficient (Wildman–Crippen LogP) is 1.18. The Bertz CT molecular complexity index is 358. The molecule has 18 heavy (non-hydrogen) atoms. The van der Waals surface area contributed by atoms with Gasteiger partial charge in [0.15, 0.2) is 0 Å². The van der Waals surface area contributed by atoms with Gasteiger partial charge < -0.3 is 4.74 Å². The average molecular weight is 269 g/mol. The zero-order valence-electron chi connectivity index (χ0n) is 10.3. The van der Waals surface area contributed by atoms with E-state index in [1.165, 1.54) is 5.32 Å². The molecule has 0 aromatic heterocycles. The first-order chi connectivity index (χ1) is 7.95. The minimum absolute atomic E-state index is 0.647. The lowest BCUT2D eigenvalue weighted by atomic mass is 10.2. The van der Waals surface area contributed by atoms with E-state index < -0.39 is 29.7 Å². The van der Waals surface area contributed by atoms with Gasteiger partial charge in [-0.3, -0.25) is 20.4 Å². The number of hydrogen-bond donors (Lipinski definition) is 2. The van der Waals surface area contributed by atoms with Crippen LogP contribution < -0.4 is 10.6 Å². The number of alkyl halides is 3. The second-order valence-electron chi connectivity index (χ2n) is 4.15.